The van der Waals surface area contributed by atoms with Crippen LogP contribution in [0.15, 0.2) is 36.4 Å². The van der Waals surface area contributed by atoms with Crippen LogP contribution in [0, 0.1) is 5.82 Å². The fourth-order valence-corrected chi connectivity index (χ4v) is 3.68. The Bertz CT molecular complexity index is 1140. The molecule has 2 aliphatic heterocycles. The lowest BCUT2D eigenvalue weighted by molar-refractivity contribution is -0.136. The highest BCUT2D eigenvalue weighted by atomic mass is 19.1. The Balaban J connectivity index is 1.59. The molecular formula is C21H19FN4O4. The summed E-state index contributed by atoms with van der Waals surface area (Å²) in [7, 11) is 0. The molecule has 1 unspecified atom stereocenters. The van der Waals surface area contributed by atoms with Crippen molar-refractivity contribution in [3.63, 3.8) is 0 Å². The van der Waals surface area contributed by atoms with Gasteiger partial charge >= 0.3 is 0 Å². The number of nitrogens with zero attached hydrogens (tertiary/aromatic N) is 1. The third-order valence-corrected chi connectivity index (χ3v) is 5.21. The number of nitrogens with one attached hydrogen (secondary N) is 2. The molecule has 0 bridgehead atoms. The Labute approximate surface area is 172 Å². The molecular weight excluding hydrogens is 391 g/mol. The number of carbonyl (C=O) groups is 4. The number of carbonyl (C=O) groups excluding carboxylic acids is 4. The van der Waals surface area contributed by atoms with Gasteiger partial charge in [-0.1, -0.05) is 18.2 Å². The largest absolute Gasteiger partial charge is 0.381 e. The predicted octanol–water partition coefficient (Wildman–Crippen LogP) is 1.30. The van der Waals surface area contributed by atoms with Crippen LogP contribution in [0.3, 0.4) is 0 Å². The van der Waals surface area contributed by atoms with Crippen molar-refractivity contribution in [2.45, 2.75) is 31.9 Å². The van der Waals surface area contributed by atoms with Crippen LogP contribution in [0.5, 0.6) is 0 Å². The molecule has 2 aromatic carbocycles. The van der Waals surface area contributed by atoms with Crippen LogP contribution in [0.1, 0.15) is 46.1 Å². The molecule has 4 N–H and O–H groups in total. The molecule has 2 aromatic rings. The molecule has 8 nitrogen and oxygen atoms in total. The molecule has 0 aliphatic carbocycles. The van der Waals surface area contributed by atoms with Gasteiger partial charge in [-0.15, -0.1) is 0 Å². The number of primary amides is 1. The predicted molar refractivity (Wildman–Crippen MR) is 105 cm³/mol. The van der Waals surface area contributed by atoms with Crippen molar-refractivity contribution in [3.05, 3.63) is 64.5 Å². The first-order valence-corrected chi connectivity index (χ1v) is 9.31. The SMILES string of the molecule is [2H]C1(N2Cc3c(NCc4cccc(C(N)=O)c4F)cccc3C2=O)CCC(=O)NC1=O. The standard InChI is InChI=1S/C21H19FN4O4/c22-18-11(3-1-5-13(18)19(23)28)9-24-15-6-2-4-12-14(15)10-26(21(12)30)16-7-8-17(27)25-20(16)29/h1-6,16,24H,7-10H2,(H2,23,28)(H,25,27,29)/i16D. The second kappa shape index (κ2) is 7.58. The maximum atomic E-state index is 14.5. The minimum absolute atomic E-state index is 0.00768. The Kier molecular flexibility index (Phi) is 4.62. The lowest BCUT2D eigenvalue weighted by Crippen LogP contribution is -2.52. The van der Waals surface area contributed by atoms with Crippen LogP contribution >= 0.6 is 0 Å². The number of fused-ring (bicyclic) bond motifs is 1. The molecule has 1 saturated heterocycles. The summed E-state index contributed by atoms with van der Waals surface area (Å²) in [4.78, 5) is 49.2. The average molecular weight is 411 g/mol. The van der Waals surface area contributed by atoms with E-state index in [2.05, 4.69) is 10.6 Å². The van der Waals surface area contributed by atoms with Gasteiger partial charge in [-0.2, -0.15) is 0 Å². The van der Waals surface area contributed by atoms with Crippen LogP contribution in [0.2, 0.25) is 0 Å². The summed E-state index contributed by atoms with van der Waals surface area (Å²) in [5.41, 5.74) is 6.62. The van der Waals surface area contributed by atoms with E-state index in [0.717, 1.165) is 4.90 Å². The number of anilines is 1. The molecule has 154 valence electrons. The number of hydrogen-bond acceptors (Lipinski definition) is 5. The van der Waals surface area contributed by atoms with E-state index >= 15 is 0 Å². The number of piperidine rings is 1. The summed E-state index contributed by atoms with van der Waals surface area (Å²) in [6.45, 7) is 0.0187. The van der Waals surface area contributed by atoms with Gasteiger partial charge in [0.15, 0.2) is 0 Å². The summed E-state index contributed by atoms with van der Waals surface area (Å²) >= 11 is 0. The van der Waals surface area contributed by atoms with Crippen LogP contribution in [-0.4, -0.2) is 34.5 Å². The smallest absolute Gasteiger partial charge is 0.255 e. The topological polar surface area (TPSA) is 122 Å². The van der Waals surface area contributed by atoms with Gasteiger partial charge in [-0.05, 0) is 24.6 Å². The van der Waals surface area contributed by atoms with Gasteiger partial charge in [-0.25, -0.2) is 4.39 Å². The molecule has 1 atom stereocenters. The average Bonchev–Trinajstić information content (AvgIpc) is 3.08. The molecule has 9 heteroatoms. The van der Waals surface area contributed by atoms with Crippen molar-refractivity contribution in [2.75, 3.05) is 5.32 Å². The molecule has 4 amide bonds. The first-order valence-electron chi connectivity index (χ1n) is 9.81. The van der Waals surface area contributed by atoms with E-state index in [0.29, 0.717) is 16.8 Å². The van der Waals surface area contributed by atoms with Crippen LogP contribution in [0.4, 0.5) is 10.1 Å². The summed E-state index contributed by atoms with van der Waals surface area (Å²) in [6, 6.07) is 7.37. The molecule has 0 aromatic heterocycles. The van der Waals surface area contributed by atoms with E-state index in [1.54, 1.807) is 18.2 Å². The normalized spacial score (nSPS) is 21.2. The van der Waals surface area contributed by atoms with E-state index in [4.69, 9.17) is 7.10 Å². The number of nitrogens with two attached hydrogens (primary N) is 1. The van der Waals surface area contributed by atoms with E-state index in [1.807, 2.05) is 0 Å². The lowest BCUT2D eigenvalue weighted by atomic mass is 10.0. The highest BCUT2D eigenvalue weighted by molar-refractivity contribution is 6.06. The summed E-state index contributed by atoms with van der Waals surface area (Å²) in [6.07, 6.45) is -0.124. The van der Waals surface area contributed by atoms with Crippen molar-refractivity contribution < 1.29 is 24.9 Å². The summed E-state index contributed by atoms with van der Waals surface area (Å²) < 4.78 is 23.0. The van der Waals surface area contributed by atoms with Gasteiger partial charge in [-0.3, -0.25) is 24.5 Å². The van der Waals surface area contributed by atoms with Crippen LogP contribution in [-0.2, 0) is 22.7 Å². The van der Waals surface area contributed by atoms with Gasteiger partial charge in [0.1, 0.15) is 11.8 Å². The van der Waals surface area contributed by atoms with Gasteiger partial charge < -0.3 is 16.0 Å². The molecule has 1 fully saturated rings. The number of imide groups is 1. The van der Waals surface area contributed by atoms with Gasteiger partial charge in [0.05, 0.1) is 6.93 Å². The second-order valence-electron chi connectivity index (χ2n) is 7.04. The Hall–Kier alpha value is -3.75. The first kappa shape index (κ1) is 18.3. The van der Waals surface area contributed by atoms with Crippen LogP contribution in [0.25, 0.3) is 0 Å². The Morgan fingerprint density at radius 1 is 1.27 bits per heavy atom. The van der Waals surface area contributed by atoms with Crippen molar-refractivity contribution >= 4 is 29.3 Å². The van der Waals surface area contributed by atoms with Crippen LogP contribution < -0.4 is 16.4 Å². The van der Waals surface area contributed by atoms with Crippen molar-refractivity contribution in [1.29, 1.82) is 0 Å². The zero-order valence-corrected chi connectivity index (χ0v) is 15.8. The lowest BCUT2D eigenvalue weighted by Gasteiger charge is -2.29. The zero-order chi connectivity index (χ0) is 22.3. The summed E-state index contributed by atoms with van der Waals surface area (Å²) in [5, 5.41) is 5.18. The van der Waals surface area contributed by atoms with E-state index in [-0.39, 0.29) is 37.1 Å². The fourth-order valence-electron chi connectivity index (χ4n) is 3.68. The number of hydrogen-bond donors (Lipinski definition) is 3. The minimum Gasteiger partial charge on any atom is -0.381 e. The Morgan fingerprint density at radius 3 is 2.77 bits per heavy atom. The zero-order valence-electron chi connectivity index (χ0n) is 16.8. The van der Waals surface area contributed by atoms with Crippen molar-refractivity contribution in [1.82, 2.24) is 10.2 Å². The quantitative estimate of drug-likeness (QED) is 0.641. The molecule has 4 rings (SSSR count). The monoisotopic (exact) mass is 411 g/mol. The molecule has 2 heterocycles. The molecule has 30 heavy (non-hydrogen) atoms. The summed E-state index contributed by atoms with van der Waals surface area (Å²) in [5.74, 6) is -3.38. The van der Waals surface area contributed by atoms with Gasteiger partial charge in [0, 0.05) is 41.9 Å². The highest BCUT2D eigenvalue weighted by Crippen LogP contribution is 2.32. The number of halogens is 1. The van der Waals surface area contributed by atoms with E-state index in [1.165, 1.54) is 18.2 Å². The van der Waals surface area contributed by atoms with E-state index in [9.17, 15) is 23.6 Å². The van der Waals surface area contributed by atoms with E-state index < -0.39 is 35.5 Å². The van der Waals surface area contributed by atoms with Crippen molar-refractivity contribution in [3.8, 4) is 0 Å². The molecule has 2 aliphatic rings. The third-order valence-electron chi connectivity index (χ3n) is 5.21. The third kappa shape index (κ3) is 3.38. The number of amides is 4. The number of benzene rings is 2. The minimum atomic E-state index is -1.89. The van der Waals surface area contributed by atoms with Crippen molar-refractivity contribution in [2.24, 2.45) is 5.73 Å². The second-order valence-corrected chi connectivity index (χ2v) is 7.04. The molecule has 0 radical (unpaired) electrons. The Morgan fingerprint density at radius 2 is 2.03 bits per heavy atom. The fraction of sp³-hybridized carbons (Fsp3) is 0.238. The maximum Gasteiger partial charge on any atom is 0.255 e. The first-order chi connectivity index (χ1) is 14.7. The molecule has 0 saturated carbocycles. The van der Waals surface area contributed by atoms with Gasteiger partial charge in [0.25, 0.3) is 11.8 Å². The number of rotatable bonds is 5. The highest BCUT2D eigenvalue weighted by Gasteiger charge is 2.39. The molecule has 0 spiro atoms. The van der Waals surface area contributed by atoms with Gasteiger partial charge in [0.2, 0.25) is 11.8 Å². The maximum absolute atomic E-state index is 14.5.